The summed E-state index contributed by atoms with van der Waals surface area (Å²) in [5.74, 6) is -0.112. The smallest absolute Gasteiger partial charge is 0.341 e. The molecule has 25 heavy (non-hydrogen) atoms. The standard InChI is InChI=1S/C18H20N2O5/c1-10-7-11(2)20-17(22)15(10)9-19-16(21)6-5-13-8-14(12(3)25-13)18(23)24-4/h5-8H,9H2,1-4H3,(H,19,21)(H,20,22)/b6-5+. The van der Waals surface area contributed by atoms with Crippen molar-refractivity contribution >= 4 is 18.0 Å². The van der Waals surface area contributed by atoms with Crippen molar-refractivity contribution in [1.29, 1.82) is 0 Å². The Hall–Kier alpha value is -3.09. The zero-order valence-corrected chi connectivity index (χ0v) is 14.6. The van der Waals surface area contributed by atoms with Crippen LogP contribution in [-0.2, 0) is 16.1 Å². The number of H-pyrrole nitrogens is 1. The lowest BCUT2D eigenvalue weighted by atomic mass is 10.1. The van der Waals surface area contributed by atoms with Gasteiger partial charge in [-0.2, -0.15) is 0 Å². The van der Waals surface area contributed by atoms with E-state index in [2.05, 4.69) is 15.0 Å². The molecule has 2 aromatic rings. The summed E-state index contributed by atoms with van der Waals surface area (Å²) in [4.78, 5) is 38.0. The molecule has 0 saturated carbocycles. The number of aryl methyl sites for hydroxylation is 3. The summed E-state index contributed by atoms with van der Waals surface area (Å²) in [6, 6.07) is 3.35. The molecule has 0 atom stereocenters. The molecule has 0 radical (unpaired) electrons. The molecule has 2 heterocycles. The van der Waals surface area contributed by atoms with Crippen molar-refractivity contribution in [3.8, 4) is 0 Å². The Morgan fingerprint density at radius 3 is 2.64 bits per heavy atom. The number of nitrogens with one attached hydrogen (secondary N) is 2. The van der Waals surface area contributed by atoms with Gasteiger partial charge in [-0.15, -0.1) is 0 Å². The summed E-state index contributed by atoms with van der Waals surface area (Å²) in [5.41, 5.74) is 2.19. The maximum absolute atomic E-state index is 11.9. The van der Waals surface area contributed by atoms with Gasteiger partial charge in [-0.05, 0) is 44.5 Å². The second-order valence-corrected chi connectivity index (χ2v) is 5.60. The lowest BCUT2D eigenvalue weighted by Gasteiger charge is -2.06. The minimum absolute atomic E-state index is 0.120. The normalized spacial score (nSPS) is 10.9. The first kappa shape index (κ1) is 18.3. The number of pyridine rings is 1. The molecule has 2 aromatic heterocycles. The van der Waals surface area contributed by atoms with Crippen LogP contribution in [0.5, 0.6) is 0 Å². The highest BCUT2D eigenvalue weighted by Crippen LogP contribution is 2.16. The van der Waals surface area contributed by atoms with Crippen LogP contribution in [0.1, 0.15) is 38.7 Å². The molecule has 0 bridgehead atoms. The number of aromatic amines is 1. The quantitative estimate of drug-likeness (QED) is 0.638. The zero-order valence-electron chi connectivity index (χ0n) is 14.6. The Balaban J connectivity index is 2.02. The van der Waals surface area contributed by atoms with Gasteiger partial charge in [-0.25, -0.2) is 4.79 Å². The monoisotopic (exact) mass is 344 g/mol. The Bertz CT molecular complexity index is 889. The van der Waals surface area contributed by atoms with Crippen molar-refractivity contribution in [3.05, 3.63) is 62.5 Å². The first-order chi connectivity index (χ1) is 11.8. The second-order valence-electron chi connectivity index (χ2n) is 5.60. The van der Waals surface area contributed by atoms with Crippen LogP contribution in [0, 0.1) is 20.8 Å². The molecule has 132 valence electrons. The first-order valence-corrected chi connectivity index (χ1v) is 7.66. The minimum Gasteiger partial charge on any atom is -0.465 e. The molecule has 0 unspecified atom stereocenters. The molecule has 1 amide bonds. The van der Waals surface area contributed by atoms with Crippen LogP contribution < -0.4 is 10.9 Å². The second kappa shape index (κ2) is 7.65. The van der Waals surface area contributed by atoms with Crippen LogP contribution in [0.4, 0.5) is 0 Å². The van der Waals surface area contributed by atoms with Crippen LogP contribution in [0.25, 0.3) is 6.08 Å². The number of esters is 1. The molecule has 0 spiro atoms. The van der Waals surface area contributed by atoms with Crippen LogP contribution in [0.2, 0.25) is 0 Å². The number of methoxy groups -OCH3 is 1. The lowest BCUT2D eigenvalue weighted by molar-refractivity contribution is -0.116. The summed E-state index contributed by atoms with van der Waals surface area (Å²) in [5, 5.41) is 2.65. The maximum Gasteiger partial charge on any atom is 0.341 e. The number of ether oxygens (including phenoxy) is 1. The zero-order chi connectivity index (χ0) is 18.6. The third-order valence-corrected chi connectivity index (χ3v) is 3.67. The van der Waals surface area contributed by atoms with Gasteiger partial charge in [0.1, 0.15) is 17.1 Å². The van der Waals surface area contributed by atoms with E-state index in [4.69, 9.17) is 4.42 Å². The van der Waals surface area contributed by atoms with Crippen molar-refractivity contribution in [2.75, 3.05) is 7.11 Å². The molecule has 0 aliphatic carbocycles. The Kier molecular flexibility index (Phi) is 5.59. The molecule has 0 fully saturated rings. The minimum atomic E-state index is -0.501. The number of furan rings is 1. The third-order valence-electron chi connectivity index (χ3n) is 3.67. The predicted octanol–water partition coefficient (Wildman–Crippen LogP) is 2.01. The van der Waals surface area contributed by atoms with Crippen molar-refractivity contribution in [1.82, 2.24) is 10.3 Å². The van der Waals surface area contributed by atoms with E-state index in [0.717, 1.165) is 11.3 Å². The van der Waals surface area contributed by atoms with E-state index in [1.54, 1.807) is 13.8 Å². The van der Waals surface area contributed by atoms with Crippen molar-refractivity contribution in [2.24, 2.45) is 0 Å². The highest BCUT2D eigenvalue weighted by Gasteiger charge is 2.14. The van der Waals surface area contributed by atoms with E-state index in [9.17, 15) is 14.4 Å². The van der Waals surface area contributed by atoms with Gasteiger partial charge in [0.05, 0.1) is 7.11 Å². The lowest BCUT2D eigenvalue weighted by Crippen LogP contribution is -2.26. The van der Waals surface area contributed by atoms with E-state index < -0.39 is 5.97 Å². The number of carbonyl (C=O) groups excluding carboxylic acids is 2. The Morgan fingerprint density at radius 2 is 2.00 bits per heavy atom. The molecule has 0 aliphatic heterocycles. The van der Waals surface area contributed by atoms with Crippen LogP contribution in [0.15, 0.2) is 27.4 Å². The average molecular weight is 344 g/mol. The molecule has 0 aromatic carbocycles. The van der Waals surface area contributed by atoms with Gasteiger partial charge < -0.3 is 19.5 Å². The number of hydrogen-bond acceptors (Lipinski definition) is 5. The van der Waals surface area contributed by atoms with Crippen LogP contribution in [-0.4, -0.2) is 24.0 Å². The molecule has 7 heteroatoms. The van der Waals surface area contributed by atoms with Crippen molar-refractivity contribution < 1.29 is 18.7 Å². The van der Waals surface area contributed by atoms with Gasteiger partial charge in [0.2, 0.25) is 5.91 Å². The maximum atomic E-state index is 11.9. The fourth-order valence-electron chi connectivity index (χ4n) is 2.39. The summed E-state index contributed by atoms with van der Waals surface area (Å²) in [6.07, 6.45) is 2.72. The number of aromatic nitrogens is 1. The SMILES string of the molecule is COC(=O)c1cc(/C=C/C(=O)NCc2c(C)cc(C)[nH]c2=O)oc1C. The van der Waals surface area contributed by atoms with Gasteiger partial charge in [-0.3, -0.25) is 9.59 Å². The van der Waals surface area contributed by atoms with Gasteiger partial charge in [0.15, 0.2) is 0 Å². The van der Waals surface area contributed by atoms with E-state index in [0.29, 0.717) is 22.6 Å². The highest BCUT2D eigenvalue weighted by atomic mass is 16.5. The van der Waals surface area contributed by atoms with Gasteiger partial charge >= 0.3 is 5.97 Å². The van der Waals surface area contributed by atoms with Crippen molar-refractivity contribution in [3.63, 3.8) is 0 Å². The summed E-state index contributed by atoms with van der Waals surface area (Å²) in [6.45, 7) is 5.37. The average Bonchev–Trinajstić information content (AvgIpc) is 2.92. The molecule has 2 N–H and O–H groups in total. The summed E-state index contributed by atoms with van der Waals surface area (Å²) < 4.78 is 10.0. The first-order valence-electron chi connectivity index (χ1n) is 7.66. The van der Waals surface area contributed by atoms with E-state index in [1.165, 1.54) is 25.3 Å². The Labute approximate surface area is 144 Å². The topological polar surface area (TPSA) is 101 Å². The van der Waals surface area contributed by atoms with E-state index in [1.807, 2.05) is 13.0 Å². The number of rotatable bonds is 5. The van der Waals surface area contributed by atoms with Gasteiger partial charge in [0, 0.05) is 23.9 Å². The van der Waals surface area contributed by atoms with Gasteiger partial charge in [-0.1, -0.05) is 0 Å². The Morgan fingerprint density at radius 1 is 1.28 bits per heavy atom. The molecule has 0 saturated heterocycles. The van der Waals surface area contributed by atoms with E-state index in [-0.39, 0.29) is 18.0 Å². The predicted molar refractivity (Wildman–Crippen MR) is 92.2 cm³/mol. The van der Waals surface area contributed by atoms with Crippen LogP contribution >= 0.6 is 0 Å². The fourth-order valence-corrected chi connectivity index (χ4v) is 2.39. The highest BCUT2D eigenvalue weighted by molar-refractivity contribution is 5.93. The van der Waals surface area contributed by atoms with Crippen LogP contribution in [0.3, 0.4) is 0 Å². The largest absolute Gasteiger partial charge is 0.465 e. The summed E-state index contributed by atoms with van der Waals surface area (Å²) >= 11 is 0. The van der Waals surface area contributed by atoms with Crippen molar-refractivity contribution in [2.45, 2.75) is 27.3 Å². The number of carbonyl (C=O) groups is 2. The number of hydrogen-bond donors (Lipinski definition) is 2. The molecule has 0 aliphatic rings. The molecule has 2 rings (SSSR count). The fraction of sp³-hybridized carbons (Fsp3) is 0.278. The molecular weight excluding hydrogens is 324 g/mol. The number of amides is 1. The summed E-state index contributed by atoms with van der Waals surface area (Å²) in [7, 11) is 1.28. The molecule has 7 nitrogen and oxygen atoms in total. The molecular formula is C18H20N2O5. The van der Waals surface area contributed by atoms with Gasteiger partial charge in [0.25, 0.3) is 5.56 Å². The van der Waals surface area contributed by atoms with E-state index >= 15 is 0 Å². The third kappa shape index (κ3) is 4.47.